The zero-order valence-electron chi connectivity index (χ0n) is 18.1. The molecule has 0 radical (unpaired) electrons. The largest absolute Gasteiger partial charge is 0.503 e. The number of aliphatic hydroxyl groups excluding tert-OH is 1. The van der Waals surface area contributed by atoms with Crippen molar-refractivity contribution in [3.63, 3.8) is 0 Å². The number of furan rings is 1. The third-order valence-electron chi connectivity index (χ3n) is 6.59. The van der Waals surface area contributed by atoms with Crippen LogP contribution in [0, 0.1) is 0 Å². The van der Waals surface area contributed by atoms with Crippen LogP contribution < -0.4 is 0 Å². The summed E-state index contributed by atoms with van der Waals surface area (Å²) in [5, 5.41) is 12.6. The van der Waals surface area contributed by atoms with Gasteiger partial charge < -0.3 is 24.1 Å². The number of ether oxygens (including phenoxy) is 1. The predicted molar refractivity (Wildman–Crippen MR) is 130 cm³/mol. The van der Waals surface area contributed by atoms with E-state index < -0.39 is 23.5 Å². The number of hydrogen-bond acceptors (Lipinski definition) is 5. The van der Waals surface area contributed by atoms with E-state index in [0.717, 1.165) is 39.2 Å². The molecule has 2 N–H and O–H groups in total. The van der Waals surface area contributed by atoms with Gasteiger partial charge >= 0.3 is 0 Å². The highest BCUT2D eigenvalue weighted by molar-refractivity contribution is 9.10. The predicted octanol–water partition coefficient (Wildman–Crippen LogP) is 5.43. The summed E-state index contributed by atoms with van der Waals surface area (Å²) in [5.41, 5.74) is 2.20. The summed E-state index contributed by atoms with van der Waals surface area (Å²) < 4.78 is 12.5. The van der Waals surface area contributed by atoms with Gasteiger partial charge in [0.1, 0.15) is 5.58 Å². The van der Waals surface area contributed by atoms with Crippen molar-refractivity contribution < 1.29 is 23.8 Å². The molecule has 2 aromatic carbocycles. The number of aromatic nitrogens is 1. The van der Waals surface area contributed by atoms with Gasteiger partial charge in [-0.3, -0.25) is 9.59 Å². The summed E-state index contributed by atoms with van der Waals surface area (Å²) in [7, 11) is 0. The molecule has 4 aromatic rings. The lowest BCUT2D eigenvalue weighted by atomic mass is 9.94. The van der Waals surface area contributed by atoms with Crippen molar-refractivity contribution in [2.45, 2.75) is 25.0 Å². The number of aliphatic hydroxyl groups is 1. The molecule has 2 aliphatic heterocycles. The SMILES string of the molecule is O=C(C1=C(O)C(=O)N(CC2CCCO2)C1c1c[nH]c2ccccc12)c1cc2cc(Br)ccc2o1. The maximum Gasteiger partial charge on any atom is 0.290 e. The van der Waals surface area contributed by atoms with E-state index in [1.54, 1.807) is 23.2 Å². The van der Waals surface area contributed by atoms with Crippen molar-refractivity contribution in [1.29, 1.82) is 0 Å². The molecule has 6 rings (SSSR count). The van der Waals surface area contributed by atoms with Crippen molar-refractivity contribution in [3.8, 4) is 0 Å². The van der Waals surface area contributed by atoms with E-state index in [1.807, 2.05) is 36.4 Å². The lowest BCUT2D eigenvalue weighted by molar-refractivity contribution is -0.131. The molecule has 0 saturated carbocycles. The van der Waals surface area contributed by atoms with Crippen molar-refractivity contribution in [3.05, 3.63) is 81.9 Å². The van der Waals surface area contributed by atoms with Gasteiger partial charge in [-0.05, 0) is 43.2 Å². The molecule has 0 spiro atoms. The van der Waals surface area contributed by atoms with Crippen LogP contribution in [0.5, 0.6) is 0 Å². The molecule has 1 fully saturated rings. The number of Topliss-reactive ketones (excluding diaryl/α,β-unsaturated/α-hetero) is 1. The smallest absolute Gasteiger partial charge is 0.290 e. The number of carbonyl (C=O) groups is 2. The number of halogens is 1. The Bertz CT molecular complexity index is 1480. The second-order valence-corrected chi connectivity index (χ2v) is 9.58. The molecular formula is C26H21BrN2O5. The molecule has 2 aromatic heterocycles. The summed E-state index contributed by atoms with van der Waals surface area (Å²) in [6, 6.07) is 14.0. The number of para-hydroxylation sites is 1. The molecule has 34 heavy (non-hydrogen) atoms. The summed E-state index contributed by atoms with van der Waals surface area (Å²) in [4.78, 5) is 31.8. The van der Waals surface area contributed by atoms with Crippen LogP contribution in [0.1, 0.15) is 35.0 Å². The molecular weight excluding hydrogens is 500 g/mol. The van der Waals surface area contributed by atoms with E-state index in [-0.39, 0.29) is 24.0 Å². The van der Waals surface area contributed by atoms with Gasteiger partial charge in [-0.25, -0.2) is 0 Å². The molecule has 0 bridgehead atoms. The van der Waals surface area contributed by atoms with Crippen molar-refractivity contribution in [2.75, 3.05) is 13.2 Å². The van der Waals surface area contributed by atoms with E-state index >= 15 is 0 Å². The highest BCUT2D eigenvalue weighted by Gasteiger charge is 2.46. The zero-order valence-corrected chi connectivity index (χ0v) is 19.7. The Morgan fingerprint density at radius 3 is 2.88 bits per heavy atom. The third kappa shape index (κ3) is 3.36. The number of fused-ring (bicyclic) bond motifs is 2. The Kier molecular flexibility index (Phi) is 5.08. The van der Waals surface area contributed by atoms with Gasteiger partial charge in [0.05, 0.1) is 17.7 Å². The van der Waals surface area contributed by atoms with Gasteiger partial charge in [-0.15, -0.1) is 0 Å². The molecule has 4 heterocycles. The fraction of sp³-hybridized carbons (Fsp3) is 0.231. The first-order chi connectivity index (χ1) is 16.5. The number of hydrogen-bond donors (Lipinski definition) is 2. The highest BCUT2D eigenvalue weighted by Crippen LogP contribution is 2.42. The Labute approximate surface area is 203 Å². The average Bonchev–Trinajstić information content (AvgIpc) is 3.62. The minimum atomic E-state index is -0.764. The van der Waals surface area contributed by atoms with Crippen LogP contribution in [0.4, 0.5) is 0 Å². The topological polar surface area (TPSA) is 95.8 Å². The first-order valence-electron chi connectivity index (χ1n) is 11.2. The molecule has 172 valence electrons. The molecule has 1 amide bonds. The first-order valence-corrected chi connectivity index (χ1v) is 12.0. The Hall–Kier alpha value is -3.36. The van der Waals surface area contributed by atoms with Gasteiger partial charge in [0.2, 0.25) is 5.78 Å². The monoisotopic (exact) mass is 520 g/mol. The molecule has 2 atom stereocenters. The second kappa shape index (κ2) is 8.14. The number of amides is 1. The Balaban J connectivity index is 1.47. The summed E-state index contributed by atoms with van der Waals surface area (Å²) in [6.07, 6.45) is 3.41. The number of H-pyrrole nitrogens is 1. The Morgan fingerprint density at radius 2 is 2.06 bits per heavy atom. The Morgan fingerprint density at radius 1 is 1.21 bits per heavy atom. The van der Waals surface area contributed by atoms with Gasteiger partial charge in [0, 0.05) is 45.7 Å². The van der Waals surface area contributed by atoms with Crippen LogP contribution in [0.15, 0.2) is 74.9 Å². The first kappa shape index (κ1) is 21.2. The molecule has 7 nitrogen and oxygen atoms in total. The van der Waals surface area contributed by atoms with Crippen molar-refractivity contribution in [2.24, 2.45) is 0 Å². The van der Waals surface area contributed by atoms with Crippen LogP contribution in [0.3, 0.4) is 0 Å². The molecule has 1 saturated heterocycles. The minimum absolute atomic E-state index is 0.0193. The van der Waals surface area contributed by atoms with Gasteiger partial charge in [-0.1, -0.05) is 34.1 Å². The van der Waals surface area contributed by atoms with E-state index in [1.165, 1.54) is 0 Å². The normalized spacial score (nSPS) is 20.9. The molecule has 2 unspecified atom stereocenters. The van der Waals surface area contributed by atoms with E-state index in [2.05, 4.69) is 20.9 Å². The molecule has 8 heteroatoms. The maximum absolute atomic E-state index is 13.7. The second-order valence-electron chi connectivity index (χ2n) is 8.67. The fourth-order valence-corrected chi connectivity index (χ4v) is 5.36. The van der Waals surface area contributed by atoms with Crippen molar-refractivity contribution in [1.82, 2.24) is 9.88 Å². The lowest BCUT2D eigenvalue weighted by Gasteiger charge is -2.28. The van der Waals surface area contributed by atoms with Crippen LogP contribution in [0.2, 0.25) is 0 Å². The zero-order chi connectivity index (χ0) is 23.4. The maximum atomic E-state index is 13.7. The summed E-state index contributed by atoms with van der Waals surface area (Å²) in [6.45, 7) is 0.932. The molecule has 2 aliphatic rings. The van der Waals surface area contributed by atoms with Crippen LogP contribution in [-0.2, 0) is 9.53 Å². The number of aromatic amines is 1. The average molecular weight is 521 g/mol. The number of carbonyl (C=O) groups excluding carboxylic acids is 2. The van der Waals surface area contributed by atoms with Gasteiger partial charge in [0.25, 0.3) is 5.91 Å². The van der Waals surface area contributed by atoms with Crippen molar-refractivity contribution >= 4 is 49.5 Å². The van der Waals surface area contributed by atoms with E-state index in [0.29, 0.717) is 12.2 Å². The van der Waals surface area contributed by atoms with E-state index in [4.69, 9.17) is 9.15 Å². The number of benzene rings is 2. The van der Waals surface area contributed by atoms with Crippen LogP contribution in [0.25, 0.3) is 21.9 Å². The van der Waals surface area contributed by atoms with Gasteiger partial charge in [-0.2, -0.15) is 0 Å². The summed E-state index contributed by atoms with van der Waals surface area (Å²) >= 11 is 3.43. The van der Waals surface area contributed by atoms with Crippen LogP contribution in [-0.4, -0.2) is 45.9 Å². The molecule has 0 aliphatic carbocycles. The minimum Gasteiger partial charge on any atom is -0.503 e. The number of rotatable bonds is 5. The standard InChI is InChI=1S/C26H21BrN2O5/c27-15-7-8-20-14(10-15)11-21(34-20)24(30)22-23(18-12-28-19-6-2-1-5-17(18)19)29(26(32)25(22)31)13-16-4-3-9-33-16/h1-2,5-8,10-12,16,23,28,31H,3-4,9,13H2. The fourth-order valence-electron chi connectivity index (χ4n) is 4.98. The van der Waals surface area contributed by atoms with Crippen LogP contribution >= 0.6 is 15.9 Å². The van der Waals surface area contributed by atoms with E-state index in [9.17, 15) is 14.7 Å². The number of nitrogens with zero attached hydrogens (tertiary/aromatic N) is 1. The van der Waals surface area contributed by atoms with Gasteiger partial charge in [0.15, 0.2) is 11.5 Å². The summed E-state index contributed by atoms with van der Waals surface area (Å²) in [5.74, 6) is -1.55. The third-order valence-corrected chi connectivity index (χ3v) is 7.08. The number of ketones is 1. The number of nitrogens with one attached hydrogen (secondary N) is 1. The lowest BCUT2D eigenvalue weighted by Crippen LogP contribution is -2.37. The highest BCUT2D eigenvalue weighted by atomic mass is 79.9. The quantitative estimate of drug-likeness (QED) is 0.342.